The number of nitrogen functional groups attached to an aromatic ring is 1. The van der Waals surface area contributed by atoms with E-state index in [1.54, 1.807) is 0 Å². The average molecular weight is 321 g/mol. The lowest BCUT2D eigenvalue weighted by atomic mass is 10.1. The predicted molar refractivity (Wildman–Crippen MR) is 106 cm³/mol. The molecule has 0 fully saturated rings. The Balaban J connectivity index is 0.000000181. The van der Waals surface area contributed by atoms with E-state index in [-0.39, 0.29) is 6.04 Å². The van der Waals surface area contributed by atoms with Crippen LogP contribution < -0.4 is 16.8 Å². The average Bonchev–Trinajstić information content (AvgIpc) is 2.65. The summed E-state index contributed by atoms with van der Waals surface area (Å²) in [7, 11) is 1.91. The maximum atomic E-state index is 5.61. The molecule has 126 valence electrons. The zero-order chi connectivity index (χ0) is 17.6. The first kappa shape index (κ1) is 19.3. The third-order valence-corrected chi connectivity index (χ3v) is 3.19. The third kappa shape index (κ3) is 8.61. The molecule has 1 atom stereocenters. The number of nitrogens with one attached hydrogen (secondary N) is 1. The Morgan fingerprint density at radius 3 is 1.38 bits per heavy atom. The highest BCUT2D eigenvalue weighted by Gasteiger charge is 1.93. The number of hydrogen-bond acceptors (Lipinski definition) is 3. The van der Waals surface area contributed by atoms with E-state index in [2.05, 4.69) is 5.32 Å². The first-order chi connectivity index (χ1) is 11.6. The zero-order valence-electron chi connectivity index (χ0n) is 14.4. The van der Waals surface area contributed by atoms with Gasteiger partial charge in [0.05, 0.1) is 0 Å². The van der Waals surface area contributed by atoms with Crippen LogP contribution >= 0.6 is 0 Å². The highest BCUT2D eigenvalue weighted by molar-refractivity contribution is 5.41. The van der Waals surface area contributed by atoms with E-state index >= 15 is 0 Å². The third-order valence-electron chi connectivity index (χ3n) is 3.19. The normalized spacial score (nSPS) is 10.3. The van der Waals surface area contributed by atoms with Gasteiger partial charge < -0.3 is 16.8 Å². The van der Waals surface area contributed by atoms with Gasteiger partial charge >= 0.3 is 0 Å². The van der Waals surface area contributed by atoms with Crippen LogP contribution in [0, 0.1) is 0 Å². The summed E-state index contributed by atoms with van der Waals surface area (Å²) in [5, 5.41) is 3.03. The predicted octanol–water partition coefficient (Wildman–Crippen LogP) is 4.70. The number of nitrogens with two attached hydrogens (primary N) is 2. The number of rotatable bonds is 2. The van der Waals surface area contributed by atoms with E-state index in [9.17, 15) is 0 Å². The van der Waals surface area contributed by atoms with Crippen LogP contribution in [0.1, 0.15) is 18.5 Å². The maximum absolute atomic E-state index is 5.61. The van der Waals surface area contributed by atoms with Crippen molar-refractivity contribution in [3.63, 3.8) is 0 Å². The van der Waals surface area contributed by atoms with Crippen LogP contribution in [0.15, 0.2) is 91.0 Å². The van der Waals surface area contributed by atoms with Gasteiger partial charge in [0, 0.05) is 24.5 Å². The molecule has 0 saturated carbocycles. The van der Waals surface area contributed by atoms with Gasteiger partial charge in [0.25, 0.3) is 0 Å². The minimum absolute atomic E-state index is 0.159. The van der Waals surface area contributed by atoms with Crippen molar-refractivity contribution >= 4 is 11.4 Å². The van der Waals surface area contributed by atoms with Crippen molar-refractivity contribution in [3.05, 3.63) is 96.6 Å². The van der Waals surface area contributed by atoms with Crippen LogP contribution in [0.25, 0.3) is 0 Å². The molecule has 3 aromatic carbocycles. The smallest absolute Gasteiger partial charge is 0.0337 e. The SMILES string of the molecule is CC(N)c1ccccc1.CNc1ccccc1.Nc1ccccc1. The van der Waals surface area contributed by atoms with Crippen molar-refractivity contribution in [3.8, 4) is 0 Å². The fraction of sp³-hybridized carbons (Fsp3) is 0.143. The van der Waals surface area contributed by atoms with Crippen molar-refractivity contribution in [2.75, 3.05) is 18.1 Å². The molecule has 0 aliphatic rings. The van der Waals surface area contributed by atoms with E-state index in [0.29, 0.717) is 0 Å². The van der Waals surface area contributed by atoms with Gasteiger partial charge in [0.2, 0.25) is 0 Å². The highest BCUT2D eigenvalue weighted by Crippen LogP contribution is 2.06. The van der Waals surface area contributed by atoms with Crippen molar-refractivity contribution in [2.45, 2.75) is 13.0 Å². The van der Waals surface area contributed by atoms with Crippen LogP contribution in [0.2, 0.25) is 0 Å². The van der Waals surface area contributed by atoms with Crippen molar-refractivity contribution in [1.82, 2.24) is 0 Å². The zero-order valence-corrected chi connectivity index (χ0v) is 14.4. The number of benzene rings is 3. The Hall–Kier alpha value is -2.78. The summed E-state index contributed by atoms with van der Waals surface area (Å²) in [6.45, 7) is 1.98. The Kier molecular flexibility index (Phi) is 9.43. The topological polar surface area (TPSA) is 64.1 Å². The second-order valence-corrected chi connectivity index (χ2v) is 5.23. The van der Waals surface area contributed by atoms with Gasteiger partial charge in [0.1, 0.15) is 0 Å². The molecule has 0 radical (unpaired) electrons. The van der Waals surface area contributed by atoms with Crippen LogP contribution in [0.4, 0.5) is 11.4 Å². The maximum Gasteiger partial charge on any atom is 0.0337 e. The lowest BCUT2D eigenvalue weighted by Crippen LogP contribution is -2.03. The van der Waals surface area contributed by atoms with Crippen molar-refractivity contribution in [1.29, 1.82) is 0 Å². The molecule has 0 aliphatic heterocycles. The summed E-state index contributed by atoms with van der Waals surface area (Å²) in [6.07, 6.45) is 0. The molecule has 3 rings (SSSR count). The van der Waals surface area contributed by atoms with Gasteiger partial charge in [-0.15, -0.1) is 0 Å². The van der Waals surface area contributed by atoms with Crippen LogP contribution in [0.5, 0.6) is 0 Å². The molecule has 0 spiro atoms. The van der Waals surface area contributed by atoms with Gasteiger partial charge in [-0.2, -0.15) is 0 Å². The highest BCUT2D eigenvalue weighted by atomic mass is 14.8. The van der Waals surface area contributed by atoms with Crippen LogP contribution in [0.3, 0.4) is 0 Å². The van der Waals surface area contributed by atoms with Crippen LogP contribution in [-0.2, 0) is 0 Å². The van der Waals surface area contributed by atoms with Crippen LogP contribution in [-0.4, -0.2) is 7.05 Å². The summed E-state index contributed by atoms with van der Waals surface area (Å²) in [6, 6.07) is 29.8. The molecule has 0 heterocycles. The van der Waals surface area contributed by atoms with Crippen molar-refractivity contribution in [2.24, 2.45) is 5.73 Å². The minimum atomic E-state index is 0.159. The molecule has 5 N–H and O–H groups in total. The van der Waals surface area contributed by atoms with E-state index in [0.717, 1.165) is 11.4 Å². The fourth-order valence-corrected chi connectivity index (χ4v) is 1.81. The van der Waals surface area contributed by atoms with E-state index in [1.807, 2.05) is 105 Å². The van der Waals surface area contributed by atoms with Gasteiger partial charge in [0.15, 0.2) is 0 Å². The Morgan fingerprint density at radius 2 is 1.12 bits per heavy atom. The summed E-state index contributed by atoms with van der Waals surface area (Å²) in [4.78, 5) is 0. The van der Waals surface area contributed by atoms with E-state index in [1.165, 1.54) is 5.56 Å². The molecule has 3 nitrogen and oxygen atoms in total. The molecule has 0 saturated heterocycles. The summed E-state index contributed by atoms with van der Waals surface area (Å²) >= 11 is 0. The van der Waals surface area contributed by atoms with E-state index < -0.39 is 0 Å². The Bertz CT molecular complexity index is 638. The van der Waals surface area contributed by atoms with Gasteiger partial charge in [-0.05, 0) is 36.8 Å². The summed E-state index contributed by atoms with van der Waals surface area (Å²) < 4.78 is 0. The number of anilines is 2. The number of para-hydroxylation sites is 2. The molecule has 3 aromatic rings. The summed E-state index contributed by atoms with van der Waals surface area (Å²) in [5.41, 5.74) is 14.1. The van der Waals surface area contributed by atoms with Gasteiger partial charge in [-0.1, -0.05) is 66.7 Å². The molecule has 1 unspecified atom stereocenters. The molecular formula is C21H27N3. The Morgan fingerprint density at radius 1 is 0.708 bits per heavy atom. The monoisotopic (exact) mass is 321 g/mol. The Labute approximate surface area is 145 Å². The van der Waals surface area contributed by atoms with Gasteiger partial charge in [-0.25, -0.2) is 0 Å². The van der Waals surface area contributed by atoms with Gasteiger partial charge in [-0.3, -0.25) is 0 Å². The molecule has 0 aromatic heterocycles. The molecular weight excluding hydrogens is 294 g/mol. The standard InChI is InChI=1S/C8H11N.C7H9N.C6H7N/c1-7(9)8-5-3-2-4-6-8;1-8-7-5-3-2-4-6-7;7-6-4-2-1-3-5-6/h2-7H,9H2,1H3;2-6,8H,1H3;1-5H,7H2. The molecule has 0 aliphatic carbocycles. The van der Waals surface area contributed by atoms with Crippen molar-refractivity contribution < 1.29 is 0 Å². The van der Waals surface area contributed by atoms with E-state index in [4.69, 9.17) is 11.5 Å². The first-order valence-corrected chi connectivity index (χ1v) is 7.97. The quantitative estimate of drug-likeness (QED) is 0.599. The molecule has 0 bridgehead atoms. The summed E-state index contributed by atoms with van der Waals surface area (Å²) in [5.74, 6) is 0. The largest absolute Gasteiger partial charge is 0.399 e. The fourth-order valence-electron chi connectivity index (χ4n) is 1.81. The molecule has 3 heteroatoms. The minimum Gasteiger partial charge on any atom is -0.399 e. The second-order valence-electron chi connectivity index (χ2n) is 5.23. The molecule has 24 heavy (non-hydrogen) atoms. The second kappa shape index (κ2) is 11.7. The number of hydrogen-bond donors (Lipinski definition) is 3. The first-order valence-electron chi connectivity index (χ1n) is 7.97. The molecule has 0 amide bonds. The lowest BCUT2D eigenvalue weighted by molar-refractivity contribution is 0.818. The lowest BCUT2D eigenvalue weighted by Gasteiger charge is -2.02.